The third-order valence-corrected chi connectivity index (χ3v) is 3.48. The first-order valence-electron chi connectivity index (χ1n) is 6.59. The van der Waals surface area contributed by atoms with Gasteiger partial charge in [-0.1, -0.05) is 43.3 Å². The predicted octanol–water partition coefficient (Wildman–Crippen LogP) is 2.89. The van der Waals surface area contributed by atoms with Gasteiger partial charge < -0.3 is 5.11 Å². The number of carbonyl (C=O) groups is 1. The van der Waals surface area contributed by atoms with Gasteiger partial charge in [-0.3, -0.25) is 0 Å². The fourth-order valence-corrected chi connectivity index (χ4v) is 1.97. The van der Waals surface area contributed by atoms with Gasteiger partial charge in [0.05, 0.1) is 11.9 Å². The molecule has 106 valence electrons. The van der Waals surface area contributed by atoms with E-state index in [-0.39, 0.29) is 0 Å². The molecule has 0 aliphatic rings. The molecule has 2 rings (SSSR count). The van der Waals surface area contributed by atoms with Crippen LogP contribution in [0.2, 0.25) is 0 Å². The number of benzene rings is 1. The molecule has 0 aliphatic carbocycles. The van der Waals surface area contributed by atoms with Crippen molar-refractivity contribution in [3.63, 3.8) is 0 Å². The molecule has 0 unspecified atom stereocenters. The molecule has 5 nitrogen and oxygen atoms in total. The van der Waals surface area contributed by atoms with Crippen LogP contribution in [0.4, 0.5) is 0 Å². The molecular weight excluding hydrogens is 254 g/mol. The lowest BCUT2D eigenvalue weighted by Gasteiger charge is -2.21. The van der Waals surface area contributed by atoms with Gasteiger partial charge in [-0.05, 0) is 25.3 Å². The molecule has 0 bridgehead atoms. The Morgan fingerprint density at radius 3 is 2.35 bits per heavy atom. The summed E-state index contributed by atoms with van der Waals surface area (Å²) in [5, 5.41) is 17.1. The van der Waals surface area contributed by atoms with Gasteiger partial charge in [-0.25, -0.2) is 9.48 Å². The summed E-state index contributed by atoms with van der Waals surface area (Å²) in [6.07, 6.45) is 1.59. The summed E-state index contributed by atoms with van der Waals surface area (Å²) in [7, 11) is 0. The van der Waals surface area contributed by atoms with E-state index in [0.29, 0.717) is 11.6 Å². The summed E-state index contributed by atoms with van der Waals surface area (Å²) in [6.45, 7) is 7.48. The van der Waals surface area contributed by atoms with Crippen molar-refractivity contribution in [2.45, 2.75) is 39.2 Å². The summed E-state index contributed by atoms with van der Waals surface area (Å²) in [5.41, 5.74) is 1.72. The highest BCUT2D eigenvalue weighted by molar-refractivity contribution is 5.77. The SMILES string of the molecule is CC(C)c1ccc(-c2cnnn2C(C)(C)C(=O)O)cc1. The van der Waals surface area contributed by atoms with Gasteiger partial charge in [0.15, 0.2) is 5.54 Å². The number of hydrogen-bond acceptors (Lipinski definition) is 3. The summed E-state index contributed by atoms with van der Waals surface area (Å²) >= 11 is 0. The molecule has 0 aliphatic heterocycles. The Kier molecular flexibility index (Phi) is 3.61. The Hall–Kier alpha value is -2.17. The Bertz CT molecular complexity index is 612. The lowest BCUT2D eigenvalue weighted by molar-refractivity contribution is -0.146. The average molecular weight is 273 g/mol. The molecule has 0 atom stereocenters. The molecule has 0 amide bonds. The third-order valence-electron chi connectivity index (χ3n) is 3.48. The van der Waals surface area contributed by atoms with Gasteiger partial charge in [0.25, 0.3) is 0 Å². The van der Waals surface area contributed by atoms with Crippen LogP contribution in [0.25, 0.3) is 11.3 Å². The second-order valence-corrected chi connectivity index (χ2v) is 5.67. The number of aromatic nitrogens is 3. The maximum absolute atomic E-state index is 11.4. The second kappa shape index (κ2) is 5.07. The minimum atomic E-state index is -1.14. The summed E-state index contributed by atoms with van der Waals surface area (Å²) in [4.78, 5) is 11.4. The molecular formula is C15H19N3O2. The van der Waals surface area contributed by atoms with Crippen LogP contribution in [0, 0.1) is 0 Å². The number of carboxylic acids is 1. The van der Waals surface area contributed by atoms with Gasteiger partial charge >= 0.3 is 5.97 Å². The summed E-state index contributed by atoms with van der Waals surface area (Å²) < 4.78 is 1.44. The van der Waals surface area contributed by atoms with E-state index >= 15 is 0 Å². The van der Waals surface area contributed by atoms with Crippen molar-refractivity contribution in [2.75, 3.05) is 0 Å². The zero-order chi connectivity index (χ0) is 14.9. The molecule has 0 saturated heterocycles. The predicted molar refractivity (Wildman–Crippen MR) is 76.5 cm³/mol. The molecule has 1 N–H and O–H groups in total. The molecule has 2 aromatic rings. The average Bonchev–Trinajstić information content (AvgIpc) is 2.88. The highest BCUT2D eigenvalue weighted by Crippen LogP contribution is 2.26. The Morgan fingerprint density at radius 1 is 1.25 bits per heavy atom. The van der Waals surface area contributed by atoms with E-state index in [4.69, 9.17) is 0 Å². The highest BCUT2D eigenvalue weighted by Gasteiger charge is 2.32. The minimum absolute atomic E-state index is 0.461. The first-order valence-corrected chi connectivity index (χ1v) is 6.59. The van der Waals surface area contributed by atoms with E-state index in [0.717, 1.165) is 5.56 Å². The molecule has 0 fully saturated rings. The highest BCUT2D eigenvalue weighted by atomic mass is 16.4. The molecule has 1 aromatic carbocycles. The van der Waals surface area contributed by atoms with Crippen molar-refractivity contribution in [1.29, 1.82) is 0 Å². The second-order valence-electron chi connectivity index (χ2n) is 5.67. The molecule has 20 heavy (non-hydrogen) atoms. The van der Waals surface area contributed by atoms with Crippen LogP contribution < -0.4 is 0 Å². The monoisotopic (exact) mass is 273 g/mol. The van der Waals surface area contributed by atoms with Crippen LogP contribution in [0.5, 0.6) is 0 Å². The van der Waals surface area contributed by atoms with E-state index in [1.165, 1.54) is 10.2 Å². The quantitative estimate of drug-likeness (QED) is 0.930. The Morgan fingerprint density at radius 2 is 1.85 bits per heavy atom. The molecule has 5 heteroatoms. The number of nitrogens with zero attached hydrogens (tertiary/aromatic N) is 3. The van der Waals surface area contributed by atoms with Crippen molar-refractivity contribution in [3.05, 3.63) is 36.0 Å². The molecule has 1 heterocycles. The third kappa shape index (κ3) is 2.43. The summed E-state index contributed by atoms with van der Waals surface area (Å²) in [6, 6.07) is 8.04. The lowest BCUT2D eigenvalue weighted by atomic mass is 10.00. The van der Waals surface area contributed by atoms with E-state index in [2.05, 4.69) is 24.2 Å². The Balaban J connectivity index is 2.45. The largest absolute Gasteiger partial charge is 0.479 e. The lowest BCUT2D eigenvalue weighted by Crippen LogP contribution is -2.37. The van der Waals surface area contributed by atoms with Gasteiger partial charge in [0.2, 0.25) is 0 Å². The van der Waals surface area contributed by atoms with Crippen LogP contribution in [-0.2, 0) is 10.3 Å². The Labute approximate surface area is 118 Å². The smallest absolute Gasteiger partial charge is 0.331 e. The normalized spacial score (nSPS) is 11.8. The number of rotatable bonds is 4. The summed E-state index contributed by atoms with van der Waals surface area (Å²) in [5.74, 6) is -0.481. The van der Waals surface area contributed by atoms with E-state index < -0.39 is 11.5 Å². The molecule has 0 radical (unpaired) electrons. The fraction of sp³-hybridized carbons (Fsp3) is 0.400. The van der Waals surface area contributed by atoms with Gasteiger partial charge in [0.1, 0.15) is 0 Å². The van der Waals surface area contributed by atoms with E-state index in [1.807, 2.05) is 24.3 Å². The van der Waals surface area contributed by atoms with Crippen LogP contribution >= 0.6 is 0 Å². The van der Waals surface area contributed by atoms with Crippen molar-refractivity contribution >= 4 is 5.97 Å². The first kappa shape index (κ1) is 14.2. The zero-order valence-corrected chi connectivity index (χ0v) is 12.2. The first-order chi connectivity index (χ1) is 9.34. The van der Waals surface area contributed by atoms with Crippen LogP contribution in [0.1, 0.15) is 39.2 Å². The number of carboxylic acid groups (broad SMARTS) is 1. The fourth-order valence-electron chi connectivity index (χ4n) is 1.97. The maximum Gasteiger partial charge on any atom is 0.331 e. The zero-order valence-electron chi connectivity index (χ0n) is 12.2. The maximum atomic E-state index is 11.4. The van der Waals surface area contributed by atoms with Gasteiger partial charge in [0, 0.05) is 5.56 Å². The topological polar surface area (TPSA) is 68.0 Å². The van der Waals surface area contributed by atoms with Gasteiger partial charge in [-0.15, -0.1) is 5.10 Å². The molecule has 0 saturated carbocycles. The van der Waals surface area contributed by atoms with E-state index in [9.17, 15) is 9.90 Å². The van der Waals surface area contributed by atoms with E-state index in [1.54, 1.807) is 20.0 Å². The van der Waals surface area contributed by atoms with Crippen LogP contribution in [-0.4, -0.2) is 26.1 Å². The van der Waals surface area contributed by atoms with Crippen molar-refractivity contribution < 1.29 is 9.90 Å². The van der Waals surface area contributed by atoms with Gasteiger partial charge in [-0.2, -0.15) is 0 Å². The van der Waals surface area contributed by atoms with Crippen LogP contribution in [0.3, 0.4) is 0 Å². The minimum Gasteiger partial charge on any atom is -0.479 e. The molecule has 0 spiro atoms. The van der Waals surface area contributed by atoms with Crippen molar-refractivity contribution in [3.8, 4) is 11.3 Å². The van der Waals surface area contributed by atoms with Crippen molar-refractivity contribution in [1.82, 2.24) is 15.0 Å². The van der Waals surface area contributed by atoms with Crippen molar-refractivity contribution in [2.24, 2.45) is 0 Å². The molecule has 1 aromatic heterocycles. The standard InChI is InChI=1S/C15H19N3O2/c1-10(2)11-5-7-12(8-6-11)13-9-16-17-18(13)15(3,4)14(19)20/h5-10H,1-4H3,(H,19,20). The number of hydrogen-bond donors (Lipinski definition) is 1. The number of aliphatic carboxylic acids is 1. The van der Waals surface area contributed by atoms with Crippen LogP contribution in [0.15, 0.2) is 30.5 Å².